The highest BCUT2D eigenvalue weighted by Crippen LogP contribution is 2.20. The molecule has 1 aromatic carbocycles. The third-order valence-corrected chi connectivity index (χ3v) is 3.56. The molecule has 2 atom stereocenters. The first-order valence-corrected chi connectivity index (χ1v) is 6.44. The lowest BCUT2D eigenvalue weighted by Crippen LogP contribution is -2.33. The fourth-order valence-corrected chi connectivity index (χ4v) is 2.54. The van der Waals surface area contributed by atoms with Gasteiger partial charge in [0.05, 0.1) is 11.1 Å². The number of amides is 1. The first-order valence-electron chi connectivity index (χ1n) is 6.44. The average molecular weight is 256 g/mol. The molecule has 0 saturated heterocycles. The molecule has 1 aliphatic rings. The van der Waals surface area contributed by atoms with Crippen LogP contribution in [0, 0.1) is 5.92 Å². The second-order valence-electron chi connectivity index (χ2n) is 4.89. The number of aliphatic hydroxyl groups is 1. The zero-order valence-corrected chi connectivity index (χ0v) is 10.5. The van der Waals surface area contributed by atoms with Gasteiger partial charge in [-0.25, -0.2) is 0 Å². The minimum Gasteiger partial charge on any atom is -0.396 e. The summed E-state index contributed by atoms with van der Waals surface area (Å²) < 4.78 is 0. The van der Waals surface area contributed by atoms with Gasteiger partial charge in [0.25, 0.3) is 5.91 Å². The van der Waals surface area contributed by atoms with E-state index in [1.54, 1.807) is 0 Å². The molecular weight excluding hydrogens is 240 g/mol. The summed E-state index contributed by atoms with van der Waals surface area (Å²) in [6.45, 7) is 0.134. The molecule has 1 heterocycles. The van der Waals surface area contributed by atoms with Crippen molar-refractivity contribution in [1.29, 1.82) is 0 Å². The number of hydrogen-bond acceptors (Lipinski definition) is 2. The number of para-hydroxylation sites is 1. The van der Waals surface area contributed by atoms with E-state index in [0.29, 0.717) is 5.56 Å². The van der Waals surface area contributed by atoms with Crippen LogP contribution in [0.15, 0.2) is 42.6 Å². The van der Waals surface area contributed by atoms with Gasteiger partial charge in [-0.3, -0.25) is 4.79 Å². The quantitative estimate of drug-likeness (QED) is 0.734. The Labute approximate surface area is 111 Å². The van der Waals surface area contributed by atoms with Crippen molar-refractivity contribution in [2.75, 3.05) is 6.61 Å². The monoisotopic (exact) mass is 256 g/mol. The predicted octanol–water partition coefficient (Wildman–Crippen LogP) is 1.83. The predicted molar refractivity (Wildman–Crippen MR) is 73.9 cm³/mol. The van der Waals surface area contributed by atoms with Crippen molar-refractivity contribution >= 4 is 16.8 Å². The van der Waals surface area contributed by atoms with Crippen LogP contribution >= 0.6 is 0 Å². The van der Waals surface area contributed by atoms with Crippen LogP contribution in [0.5, 0.6) is 0 Å². The van der Waals surface area contributed by atoms with Gasteiger partial charge in [-0.1, -0.05) is 24.3 Å². The van der Waals surface area contributed by atoms with Gasteiger partial charge in [-0.15, -0.1) is 0 Å². The molecule has 0 spiro atoms. The number of fused-ring (bicyclic) bond motifs is 1. The van der Waals surface area contributed by atoms with E-state index in [1.165, 1.54) is 0 Å². The third kappa shape index (κ3) is 2.27. The first kappa shape index (κ1) is 12.0. The van der Waals surface area contributed by atoms with Crippen LogP contribution in [0.4, 0.5) is 0 Å². The smallest absolute Gasteiger partial charge is 0.253 e. The first-order chi connectivity index (χ1) is 9.28. The van der Waals surface area contributed by atoms with Gasteiger partial charge in [0, 0.05) is 30.1 Å². The lowest BCUT2D eigenvalue weighted by atomic mass is 10.1. The highest BCUT2D eigenvalue weighted by atomic mass is 16.3. The Kier molecular flexibility index (Phi) is 3.09. The average Bonchev–Trinajstić information content (AvgIpc) is 3.05. The van der Waals surface area contributed by atoms with Crippen LogP contribution in [0.1, 0.15) is 16.8 Å². The summed E-state index contributed by atoms with van der Waals surface area (Å²) in [6.07, 6.45) is 6.51. The van der Waals surface area contributed by atoms with E-state index in [-0.39, 0.29) is 24.5 Å². The van der Waals surface area contributed by atoms with Gasteiger partial charge in [0.2, 0.25) is 0 Å². The van der Waals surface area contributed by atoms with Crippen molar-refractivity contribution in [3.8, 4) is 0 Å². The third-order valence-electron chi connectivity index (χ3n) is 3.56. The molecule has 0 aliphatic heterocycles. The number of rotatable bonds is 3. The molecule has 0 unspecified atom stereocenters. The topological polar surface area (TPSA) is 65.1 Å². The molecule has 2 aromatic rings. The Balaban J connectivity index is 1.78. The zero-order chi connectivity index (χ0) is 13.2. The maximum absolute atomic E-state index is 12.3. The molecule has 98 valence electrons. The Morgan fingerprint density at radius 3 is 3.05 bits per heavy atom. The van der Waals surface area contributed by atoms with Gasteiger partial charge in [0.15, 0.2) is 0 Å². The molecule has 0 radical (unpaired) electrons. The number of aromatic amines is 1. The van der Waals surface area contributed by atoms with E-state index < -0.39 is 0 Å². The highest BCUT2D eigenvalue weighted by Gasteiger charge is 2.21. The van der Waals surface area contributed by atoms with Gasteiger partial charge in [0.1, 0.15) is 0 Å². The Morgan fingerprint density at radius 2 is 2.26 bits per heavy atom. The number of carbonyl (C=O) groups is 1. The standard InChI is InChI=1S/C15H16N2O2/c18-9-10-4-5-12(8-10)17-15(19)13-3-1-2-11-6-7-16-14(11)13/h1-7,10,12,16,18H,8-9H2,(H,17,19)/t10-,12+/m0/s1. The molecule has 4 nitrogen and oxygen atoms in total. The number of H-pyrrole nitrogens is 1. The van der Waals surface area contributed by atoms with E-state index >= 15 is 0 Å². The number of nitrogens with one attached hydrogen (secondary N) is 2. The lowest BCUT2D eigenvalue weighted by Gasteiger charge is -2.13. The molecule has 0 fully saturated rings. The van der Waals surface area contributed by atoms with Gasteiger partial charge in [-0.2, -0.15) is 0 Å². The van der Waals surface area contributed by atoms with Crippen LogP contribution in [0.3, 0.4) is 0 Å². The van der Waals surface area contributed by atoms with E-state index in [9.17, 15) is 4.79 Å². The van der Waals surface area contributed by atoms with Crippen LogP contribution in [0.2, 0.25) is 0 Å². The summed E-state index contributed by atoms with van der Waals surface area (Å²) >= 11 is 0. The molecule has 0 bridgehead atoms. The van der Waals surface area contributed by atoms with Crippen molar-refractivity contribution in [3.05, 3.63) is 48.2 Å². The molecular formula is C15H16N2O2. The second kappa shape index (κ2) is 4.90. The molecule has 4 heteroatoms. The molecule has 1 aliphatic carbocycles. The molecule has 0 saturated carbocycles. The summed E-state index contributed by atoms with van der Waals surface area (Å²) in [6, 6.07) is 7.63. The lowest BCUT2D eigenvalue weighted by molar-refractivity contribution is 0.0942. The Bertz CT molecular complexity index is 630. The van der Waals surface area contributed by atoms with E-state index in [0.717, 1.165) is 17.3 Å². The number of carbonyl (C=O) groups excluding carboxylic acids is 1. The second-order valence-corrected chi connectivity index (χ2v) is 4.89. The Hall–Kier alpha value is -2.07. The summed E-state index contributed by atoms with van der Waals surface area (Å²) in [4.78, 5) is 15.4. The Morgan fingerprint density at radius 1 is 1.37 bits per heavy atom. The SMILES string of the molecule is O=C(N[C@@H]1C=C[C@H](CO)C1)c1cccc2cc[nH]c12. The number of benzene rings is 1. The van der Waals surface area contributed by atoms with Gasteiger partial charge in [-0.05, 0) is 18.6 Å². The zero-order valence-electron chi connectivity index (χ0n) is 10.5. The molecule has 3 rings (SSSR count). The number of aliphatic hydroxyl groups excluding tert-OH is 1. The highest BCUT2D eigenvalue weighted by molar-refractivity contribution is 6.05. The van der Waals surface area contributed by atoms with Crippen LogP contribution in [-0.2, 0) is 0 Å². The fourth-order valence-electron chi connectivity index (χ4n) is 2.54. The fraction of sp³-hybridized carbons (Fsp3) is 0.267. The van der Waals surface area contributed by atoms with E-state index in [1.807, 2.05) is 42.6 Å². The molecule has 3 N–H and O–H groups in total. The number of aromatic nitrogens is 1. The van der Waals surface area contributed by atoms with Crippen LogP contribution < -0.4 is 5.32 Å². The minimum atomic E-state index is -0.0821. The van der Waals surface area contributed by atoms with E-state index in [4.69, 9.17) is 5.11 Å². The molecule has 1 amide bonds. The van der Waals surface area contributed by atoms with E-state index in [2.05, 4.69) is 10.3 Å². The van der Waals surface area contributed by atoms with Crippen LogP contribution in [0.25, 0.3) is 10.9 Å². The van der Waals surface area contributed by atoms with Crippen LogP contribution in [-0.4, -0.2) is 28.6 Å². The summed E-state index contributed by atoms with van der Waals surface area (Å²) in [5.74, 6) is 0.0767. The molecule has 19 heavy (non-hydrogen) atoms. The van der Waals surface area contributed by atoms with Crippen molar-refractivity contribution in [2.24, 2.45) is 5.92 Å². The normalized spacial score (nSPS) is 21.9. The van der Waals surface area contributed by atoms with Gasteiger partial charge < -0.3 is 15.4 Å². The summed E-state index contributed by atoms with van der Waals surface area (Å²) in [5.41, 5.74) is 1.52. The summed E-state index contributed by atoms with van der Waals surface area (Å²) in [5, 5.41) is 13.1. The van der Waals surface area contributed by atoms with Crippen molar-refractivity contribution in [1.82, 2.24) is 10.3 Å². The van der Waals surface area contributed by atoms with Crippen molar-refractivity contribution in [3.63, 3.8) is 0 Å². The largest absolute Gasteiger partial charge is 0.396 e. The van der Waals surface area contributed by atoms with Crippen molar-refractivity contribution < 1.29 is 9.90 Å². The minimum absolute atomic E-state index is 0.00914. The summed E-state index contributed by atoms with van der Waals surface area (Å²) in [7, 11) is 0. The maximum atomic E-state index is 12.3. The van der Waals surface area contributed by atoms with Gasteiger partial charge >= 0.3 is 0 Å². The maximum Gasteiger partial charge on any atom is 0.253 e. The number of hydrogen-bond donors (Lipinski definition) is 3. The van der Waals surface area contributed by atoms with Crippen molar-refractivity contribution in [2.45, 2.75) is 12.5 Å². The molecule has 1 aromatic heterocycles.